The van der Waals surface area contributed by atoms with Crippen LogP contribution < -0.4 is 5.32 Å². The van der Waals surface area contributed by atoms with Crippen LogP contribution in [0.3, 0.4) is 0 Å². The van der Waals surface area contributed by atoms with Gasteiger partial charge in [0, 0.05) is 52.6 Å². The van der Waals surface area contributed by atoms with Crippen molar-refractivity contribution in [2.75, 3.05) is 0 Å². The molecule has 1 N–H and O–H groups in total. The largest absolute Gasteiger partial charge is 0.347 e. The number of halogens is 1. The lowest BCUT2D eigenvalue weighted by atomic mass is 9.85. The van der Waals surface area contributed by atoms with E-state index in [0.29, 0.717) is 11.1 Å². The average Bonchev–Trinajstić information content (AvgIpc) is 3.51. The van der Waals surface area contributed by atoms with Crippen LogP contribution in [-0.2, 0) is 28.1 Å². The number of aromatic nitrogens is 3. The molecule has 0 atom stereocenters. The number of imide groups is 1. The first-order valence-electron chi connectivity index (χ1n) is 11.7. The van der Waals surface area contributed by atoms with E-state index in [4.69, 9.17) is 0 Å². The van der Waals surface area contributed by atoms with E-state index in [1.54, 1.807) is 6.20 Å². The summed E-state index contributed by atoms with van der Waals surface area (Å²) in [5, 5.41) is 3.46. The standard InChI is InChI=1S/C28H27BrN4O2/c1-28(2,3)19-7-5-18(6-8-19)24-25(27(35)31-26(24)34)22-16-33(13-4-12-32-14-11-30-17-32)23-10-9-20(29)15-21(22)23/h5-11,14-17H,4,12-13H2,1-3H3,(H,31,34,35). The second kappa shape index (κ2) is 8.96. The van der Waals surface area contributed by atoms with Crippen LogP contribution in [0.2, 0.25) is 0 Å². The summed E-state index contributed by atoms with van der Waals surface area (Å²) < 4.78 is 5.13. The summed E-state index contributed by atoms with van der Waals surface area (Å²) in [5.74, 6) is -0.716. The smallest absolute Gasteiger partial charge is 0.259 e. The third-order valence-corrected chi connectivity index (χ3v) is 6.95. The van der Waals surface area contributed by atoms with Crippen molar-refractivity contribution in [1.29, 1.82) is 0 Å². The van der Waals surface area contributed by atoms with Crippen molar-refractivity contribution in [3.8, 4) is 0 Å². The molecule has 0 unspecified atom stereocenters. The number of benzene rings is 2. The number of amides is 2. The van der Waals surface area contributed by atoms with Gasteiger partial charge in [-0.25, -0.2) is 4.98 Å². The van der Waals surface area contributed by atoms with Gasteiger partial charge in [-0.05, 0) is 41.2 Å². The van der Waals surface area contributed by atoms with Crippen LogP contribution in [0.25, 0.3) is 22.0 Å². The Balaban J connectivity index is 1.60. The normalized spacial score (nSPS) is 14.3. The molecule has 0 spiro atoms. The highest BCUT2D eigenvalue weighted by molar-refractivity contribution is 9.10. The van der Waals surface area contributed by atoms with E-state index >= 15 is 0 Å². The summed E-state index contributed by atoms with van der Waals surface area (Å²) in [7, 11) is 0. The number of fused-ring (bicyclic) bond motifs is 1. The quantitative estimate of drug-likeness (QED) is 0.332. The maximum atomic E-state index is 13.1. The molecule has 0 aliphatic carbocycles. The van der Waals surface area contributed by atoms with Crippen molar-refractivity contribution in [1.82, 2.24) is 19.4 Å². The lowest BCUT2D eigenvalue weighted by Crippen LogP contribution is -2.22. The Kier molecular flexibility index (Phi) is 5.97. The van der Waals surface area contributed by atoms with Gasteiger partial charge in [0.25, 0.3) is 11.8 Å². The Morgan fingerprint density at radius 2 is 1.71 bits per heavy atom. The van der Waals surface area contributed by atoms with E-state index in [2.05, 4.69) is 51.6 Å². The second-order valence-electron chi connectivity index (χ2n) is 9.91. The van der Waals surface area contributed by atoms with Gasteiger partial charge < -0.3 is 9.13 Å². The summed E-state index contributed by atoms with van der Waals surface area (Å²) >= 11 is 3.57. The number of carbonyl (C=O) groups excluding carboxylic acids is 2. The van der Waals surface area contributed by atoms with Crippen LogP contribution in [0.4, 0.5) is 0 Å². The minimum Gasteiger partial charge on any atom is -0.347 e. The van der Waals surface area contributed by atoms with Crippen molar-refractivity contribution in [3.05, 3.63) is 88.5 Å². The first-order valence-corrected chi connectivity index (χ1v) is 12.5. The minimum atomic E-state index is -0.359. The molecule has 3 heterocycles. The van der Waals surface area contributed by atoms with Crippen LogP contribution in [0.15, 0.2) is 71.9 Å². The molecule has 1 aliphatic rings. The third-order valence-electron chi connectivity index (χ3n) is 6.46. The van der Waals surface area contributed by atoms with E-state index in [1.165, 1.54) is 5.56 Å². The summed E-state index contributed by atoms with van der Waals surface area (Å²) in [4.78, 5) is 30.1. The predicted octanol–water partition coefficient (Wildman–Crippen LogP) is 5.56. The monoisotopic (exact) mass is 530 g/mol. The minimum absolute atomic E-state index is 0.0000915. The number of imidazole rings is 1. The second-order valence-corrected chi connectivity index (χ2v) is 10.8. The zero-order valence-corrected chi connectivity index (χ0v) is 21.6. The third kappa shape index (κ3) is 4.48. The molecule has 35 heavy (non-hydrogen) atoms. The van der Waals surface area contributed by atoms with Gasteiger partial charge in [0.05, 0.1) is 17.5 Å². The van der Waals surface area contributed by atoms with Gasteiger partial charge in [0.2, 0.25) is 0 Å². The Bertz CT molecular complexity index is 1460. The molecule has 0 bridgehead atoms. The SMILES string of the molecule is CC(C)(C)c1ccc(C2=C(c3cn(CCCn4ccnc4)c4ccc(Br)cc34)C(=O)NC2=O)cc1. The summed E-state index contributed by atoms with van der Waals surface area (Å²) in [6.45, 7) is 8.07. The van der Waals surface area contributed by atoms with Crippen molar-refractivity contribution < 1.29 is 9.59 Å². The fourth-order valence-corrected chi connectivity index (χ4v) is 4.98. The van der Waals surface area contributed by atoms with E-state index < -0.39 is 0 Å². The number of rotatable bonds is 6. The van der Waals surface area contributed by atoms with E-state index in [9.17, 15) is 9.59 Å². The molecule has 0 fully saturated rings. The van der Waals surface area contributed by atoms with Crippen LogP contribution in [0.5, 0.6) is 0 Å². The van der Waals surface area contributed by atoms with E-state index in [-0.39, 0.29) is 17.2 Å². The van der Waals surface area contributed by atoms with Crippen LogP contribution in [0, 0.1) is 0 Å². The van der Waals surface area contributed by atoms with E-state index in [0.717, 1.165) is 46.0 Å². The van der Waals surface area contributed by atoms with Gasteiger partial charge in [-0.1, -0.05) is 61.0 Å². The molecule has 178 valence electrons. The maximum absolute atomic E-state index is 13.1. The topological polar surface area (TPSA) is 68.9 Å². The number of carbonyl (C=O) groups is 2. The molecule has 6 nitrogen and oxygen atoms in total. The van der Waals surface area contributed by atoms with E-state index in [1.807, 2.05) is 65.8 Å². The fraction of sp³-hybridized carbons (Fsp3) is 0.250. The highest BCUT2D eigenvalue weighted by Crippen LogP contribution is 2.37. The molecule has 0 saturated heterocycles. The molecule has 2 aromatic heterocycles. The number of hydrogen-bond acceptors (Lipinski definition) is 3. The number of hydrogen-bond donors (Lipinski definition) is 1. The highest BCUT2D eigenvalue weighted by Gasteiger charge is 2.34. The zero-order valence-electron chi connectivity index (χ0n) is 20.0. The molecule has 2 aromatic carbocycles. The Hall–Kier alpha value is -3.45. The Labute approximate surface area is 212 Å². The van der Waals surface area contributed by atoms with Crippen LogP contribution in [0.1, 0.15) is 43.9 Å². The summed E-state index contributed by atoms with van der Waals surface area (Å²) in [5.41, 5.74) is 4.56. The van der Waals surface area contributed by atoms with Gasteiger partial charge in [0.15, 0.2) is 0 Å². The van der Waals surface area contributed by atoms with Gasteiger partial charge in [-0.3, -0.25) is 14.9 Å². The highest BCUT2D eigenvalue weighted by atomic mass is 79.9. The average molecular weight is 531 g/mol. The molecule has 4 aromatic rings. The lowest BCUT2D eigenvalue weighted by Gasteiger charge is -2.19. The van der Waals surface area contributed by atoms with Crippen molar-refractivity contribution in [2.24, 2.45) is 0 Å². The molecule has 1 aliphatic heterocycles. The first-order chi connectivity index (χ1) is 16.7. The van der Waals surface area contributed by atoms with Crippen molar-refractivity contribution >= 4 is 49.8 Å². The van der Waals surface area contributed by atoms with Gasteiger partial charge in [0.1, 0.15) is 0 Å². The first kappa shape index (κ1) is 23.3. The van der Waals surface area contributed by atoms with Crippen molar-refractivity contribution in [2.45, 2.75) is 45.7 Å². The van der Waals surface area contributed by atoms with Gasteiger partial charge in [-0.15, -0.1) is 0 Å². The summed E-state index contributed by atoms with van der Waals surface area (Å²) in [6, 6.07) is 14.0. The summed E-state index contributed by atoms with van der Waals surface area (Å²) in [6.07, 6.45) is 8.45. The molecule has 0 radical (unpaired) electrons. The fourth-order valence-electron chi connectivity index (χ4n) is 4.62. The Morgan fingerprint density at radius 1 is 0.971 bits per heavy atom. The van der Waals surface area contributed by atoms with Gasteiger partial charge >= 0.3 is 0 Å². The maximum Gasteiger partial charge on any atom is 0.259 e. The number of nitrogens with zero attached hydrogens (tertiary/aromatic N) is 3. The van der Waals surface area contributed by atoms with Crippen molar-refractivity contribution in [3.63, 3.8) is 0 Å². The molecule has 0 saturated carbocycles. The van der Waals surface area contributed by atoms with Gasteiger partial charge in [-0.2, -0.15) is 0 Å². The zero-order chi connectivity index (χ0) is 24.7. The number of aryl methyl sites for hydroxylation is 2. The molecule has 7 heteroatoms. The van der Waals surface area contributed by atoms with Crippen LogP contribution >= 0.6 is 15.9 Å². The van der Waals surface area contributed by atoms with Crippen LogP contribution in [-0.4, -0.2) is 25.9 Å². The molecule has 5 rings (SSSR count). The molecule has 2 amide bonds. The molecular formula is C28H27BrN4O2. The molecular weight excluding hydrogens is 504 g/mol. The predicted molar refractivity (Wildman–Crippen MR) is 142 cm³/mol. The Morgan fingerprint density at radius 3 is 2.40 bits per heavy atom. The number of nitrogens with one attached hydrogen (secondary N) is 1. The lowest BCUT2D eigenvalue weighted by molar-refractivity contribution is -0.122.